The molecule has 9 aromatic carbocycles. The van der Waals surface area contributed by atoms with Gasteiger partial charge in [-0.15, -0.1) is 0 Å². The molecule has 0 N–H and O–H groups in total. The minimum absolute atomic E-state index is 0.0289. The first-order valence-electron chi connectivity index (χ1n) is 25.6. The Hall–Kier alpha value is -7.42. The minimum atomic E-state index is -0.554. The second kappa shape index (κ2) is 14.8. The van der Waals surface area contributed by atoms with Gasteiger partial charge in [-0.1, -0.05) is 221 Å². The fourth-order valence-corrected chi connectivity index (χ4v) is 13.2. The van der Waals surface area contributed by atoms with Gasteiger partial charge >= 0.3 is 0 Å². The van der Waals surface area contributed by atoms with E-state index in [-0.39, 0.29) is 21.7 Å². The molecule has 10 aromatic rings. The summed E-state index contributed by atoms with van der Waals surface area (Å²) in [4.78, 5) is 2.57. The minimum Gasteiger partial charge on any atom is -0.455 e. The predicted octanol–water partition coefficient (Wildman–Crippen LogP) is 18.6. The summed E-state index contributed by atoms with van der Waals surface area (Å²) in [5.41, 5.74) is 24.8. The number of benzene rings is 9. The van der Waals surface area contributed by atoms with Gasteiger partial charge in [-0.25, -0.2) is 0 Å². The first-order valence-corrected chi connectivity index (χ1v) is 25.6. The summed E-state index contributed by atoms with van der Waals surface area (Å²) in [7, 11) is 0. The van der Waals surface area contributed by atoms with E-state index in [4.69, 9.17) is 4.42 Å². The molecule has 0 atom stereocenters. The van der Waals surface area contributed by atoms with Gasteiger partial charge in [0, 0.05) is 49.7 Å². The van der Waals surface area contributed by atoms with Crippen LogP contribution in [0.3, 0.4) is 0 Å². The highest BCUT2D eigenvalue weighted by Gasteiger charge is 2.47. The lowest BCUT2D eigenvalue weighted by Crippen LogP contribution is -2.28. The van der Waals surface area contributed by atoms with E-state index >= 15 is 0 Å². The normalized spacial score (nSPS) is 15.5. The Kier molecular flexibility index (Phi) is 9.09. The van der Waals surface area contributed by atoms with Crippen LogP contribution in [0.15, 0.2) is 192 Å². The molecule has 2 nitrogen and oxygen atoms in total. The summed E-state index contributed by atoms with van der Waals surface area (Å²) in [6.07, 6.45) is 0. The largest absolute Gasteiger partial charge is 0.455 e. The molecule has 3 aliphatic rings. The van der Waals surface area contributed by atoms with E-state index in [0.717, 1.165) is 28.2 Å². The Bertz CT molecular complexity index is 3800. The van der Waals surface area contributed by atoms with Gasteiger partial charge in [-0.2, -0.15) is 0 Å². The number of anilines is 3. The van der Waals surface area contributed by atoms with Gasteiger partial charge in [-0.3, -0.25) is 0 Å². The molecular formula is C69H61NO. The standard InChI is InChI=1S/C69H61NO/c1-65(2,3)44-39-52-51-36-37-57-62(64(51)71-63(52)59(40-44)66(4,5)6)61-56(68(57,9)10)32-21-33-60(61)70(46-34-35-50-47-26-14-17-29-53(47)67(7,8)58(50)41-46)45-25-20-24-43(38-45)69(42-22-12-11-13-23-42)54-30-18-15-27-48(54)49-28-16-19-31-55(49)69/h11-41H,1-10H3. The van der Waals surface area contributed by atoms with Gasteiger partial charge in [0.2, 0.25) is 0 Å². The maximum absolute atomic E-state index is 7.44. The second-order valence-electron chi connectivity index (χ2n) is 23.7. The molecule has 1 heterocycles. The molecule has 71 heavy (non-hydrogen) atoms. The third-order valence-electron chi connectivity index (χ3n) is 16.8. The first kappa shape index (κ1) is 43.6. The molecule has 0 saturated heterocycles. The third-order valence-corrected chi connectivity index (χ3v) is 16.8. The van der Waals surface area contributed by atoms with Gasteiger partial charge in [0.1, 0.15) is 11.2 Å². The average Bonchev–Trinajstić information content (AvgIpc) is 4.04. The monoisotopic (exact) mass is 919 g/mol. The topological polar surface area (TPSA) is 16.4 Å². The highest BCUT2D eigenvalue weighted by molar-refractivity contribution is 6.14. The summed E-state index contributed by atoms with van der Waals surface area (Å²) in [5.74, 6) is 0. The molecule has 0 fully saturated rings. The maximum Gasteiger partial charge on any atom is 0.143 e. The molecule has 0 aliphatic heterocycles. The van der Waals surface area contributed by atoms with Crippen molar-refractivity contribution in [1.82, 2.24) is 0 Å². The zero-order chi connectivity index (χ0) is 49.0. The van der Waals surface area contributed by atoms with Crippen LogP contribution in [-0.4, -0.2) is 0 Å². The van der Waals surface area contributed by atoms with Crippen LogP contribution in [0.5, 0.6) is 0 Å². The molecule has 0 amide bonds. The van der Waals surface area contributed by atoms with Crippen LogP contribution >= 0.6 is 0 Å². The molecule has 348 valence electrons. The lowest BCUT2D eigenvalue weighted by molar-refractivity contribution is 0.559. The number of hydrogen-bond acceptors (Lipinski definition) is 2. The number of furan rings is 1. The Morgan fingerprint density at radius 2 is 0.930 bits per heavy atom. The van der Waals surface area contributed by atoms with E-state index in [1.165, 1.54) is 99.8 Å². The van der Waals surface area contributed by atoms with Gasteiger partial charge < -0.3 is 9.32 Å². The number of fused-ring (bicyclic) bond motifs is 13. The van der Waals surface area contributed by atoms with Gasteiger partial charge in [0.05, 0.1) is 11.1 Å². The summed E-state index contributed by atoms with van der Waals surface area (Å²) in [6.45, 7) is 23.5. The molecule has 13 rings (SSSR count). The maximum atomic E-state index is 7.44. The lowest BCUT2D eigenvalue weighted by atomic mass is 9.67. The van der Waals surface area contributed by atoms with Crippen LogP contribution in [0.4, 0.5) is 17.1 Å². The van der Waals surface area contributed by atoms with Crippen LogP contribution in [-0.2, 0) is 27.1 Å². The summed E-state index contributed by atoms with van der Waals surface area (Å²) >= 11 is 0. The molecule has 0 radical (unpaired) electrons. The third kappa shape index (κ3) is 6.00. The van der Waals surface area contributed by atoms with Crippen LogP contribution in [0.1, 0.15) is 125 Å². The van der Waals surface area contributed by atoms with Gasteiger partial charge in [0.25, 0.3) is 0 Å². The molecule has 0 bridgehead atoms. The number of nitrogens with zero attached hydrogens (tertiary/aromatic N) is 1. The first-order chi connectivity index (χ1) is 34.0. The second-order valence-corrected chi connectivity index (χ2v) is 23.7. The van der Waals surface area contributed by atoms with Gasteiger partial charge in [-0.05, 0) is 120 Å². The highest BCUT2D eigenvalue weighted by Crippen LogP contribution is 2.60. The van der Waals surface area contributed by atoms with E-state index in [0.29, 0.717) is 0 Å². The van der Waals surface area contributed by atoms with Crippen molar-refractivity contribution in [2.75, 3.05) is 4.90 Å². The Morgan fingerprint density at radius 3 is 1.61 bits per heavy atom. The van der Waals surface area contributed by atoms with Crippen molar-refractivity contribution < 1.29 is 4.42 Å². The average molecular weight is 920 g/mol. The predicted molar refractivity (Wildman–Crippen MR) is 298 cm³/mol. The van der Waals surface area contributed by atoms with Gasteiger partial charge in [0.15, 0.2) is 0 Å². The van der Waals surface area contributed by atoms with E-state index in [1.807, 2.05) is 0 Å². The van der Waals surface area contributed by atoms with Crippen LogP contribution < -0.4 is 4.90 Å². The molecule has 1 aromatic heterocycles. The number of hydrogen-bond donors (Lipinski definition) is 0. The van der Waals surface area contributed by atoms with Crippen molar-refractivity contribution >= 4 is 39.0 Å². The fraction of sp³-hybridized carbons (Fsp3) is 0.217. The lowest BCUT2D eigenvalue weighted by Gasteiger charge is -2.35. The van der Waals surface area contributed by atoms with E-state index in [9.17, 15) is 0 Å². The Balaban J connectivity index is 1.11. The summed E-state index contributed by atoms with van der Waals surface area (Å²) in [5, 5.41) is 2.36. The highest BCUT2D eigenvalue weighted by atomic mass is 16.3. The zero-order valence-corrected chi connectivity index (χ0v) is 42.8. The molecule has 0 saturated carbocycles. The molecule has 2 heteroatoms. The van der Waals surface area contributed by atoms with E-state index < -0.39 is 5.41 Å². The van der Waals surface area contributed by atoms with Crippen LogP contribution in [0.2, 0.25) is 0 Å². The molecule has 0 spiro atoms. The fourth-order valence-electron chi connectivity index (χ4n) is 13.2. The van der Waals surface area contributed by atoms with Crippen molar-refractivity contribution in [2.45, 2.75) is 96.3 Å². The van der Waals surface area contributed by atoms with Crippen LogP contribution in [0, 0.1) is 0 Å². The van der Waals surface area contributed by atoms with E-state index in [1.54, 1.807) is 0 Å². The van der Waals surface area contributed by atoms with E-state index in [2.05, 4.69) is 262 Å². The molecule has 3 aliphatic carbocycles. The smallest absolute Gasteiger partial charge is 0.143 e. The van der Waals surface area contributed by atoms with Crippen molar-refractivity contribution in [3.05, 3.63) is 244 Å². The molecule has 0 unspecified atom stereocenters. The van der Waals surface area contributed by atoms with Crippen LogP contribution in [0.25, 0.3) is 55.3 Å². The zero-order valence-electron chi connectivity index (χ0n) is 42.8. The SMILES string of the molecule is CC(C)(C)c1cc(C(C)(C)C)c2oc3c4c(ccc3c2c1)C(C)(C)c1cccc(N(c2cccc(C3(c5ccccc5)c5ccccc5-c5ccccc53)c2)c2ccc3c(c2)C(C)(C)c2ccccc2-3)c1-4. The quantitative estimate of drug-likeness (QED) is 0.171. The summed E-state index contributed by atoms with van der Waals surface area (Å²) in [6, 6.07) is 71.5. The van der Waals surface area contributed by atoms with Crippen molar-refractivity contribution in [1.29, 1.82) is 0 Å². The Morgan fingerprint density at radius 1 is 0.380 bits per heavy atom. The molecular weight excluding hydrogens is 859 g/mol. The Labute approximate surface area is 419 Å². The number of rotatable bonds is 5. The van der Waals surface area contributed by atoms with Crippen molar-refractivity contribution in [3.63, 3.8) is 0 Å². The summed E-state index contributed by atoms with van der Waals surface area (Å²) < 4.78 is 7.44. The van der Waals surface area contributed by atoms with Crippen molar-refractivity contribution in [2.24, 2.45) is 0 Å². The van der Waals surface area contributed by atoms with Crippen molar-refractivity contribution in [3.8, 4) is 33.4 Å².